The van der Waals surface area contributed by atoms with Crippen molar-refractivity contribution in [1.29, 1.82) is 0 Å². The molecule has 2 N–H and O–H groups in total. The third kappa shape index (κ3) is 3.32. The number of thiophene rings is 1. The van der Waals surface area contributed by atoms with Crippen molar-refractivity contribution < 1.29 is 0 Å². The predicted molar refractivity (Wildman–Crippen MR) is 81.5 cm³/mol. The van der Waals surface area contributed by atoms with E-state index in [1.807, 2.05) is 0 Å². The summed E-state index contributed by atoms with van der Waals surface area (Å²) in [6.45, 7) is 4.10. The number of hydrogen-bond acceptors (Lipinski definition) is 3. The van der Waals surface area contributed by atoms with Gasteiger partial charge in [-0.1, -0.05) is 6.92 Å². The lowest BCUT2D eigenvalue weighted by Crippen LogP contribution is -2.35. The van der Waals surface area contributed by atoms with E-state index in [9.17, 15) is 0 Å². The molecule has 0 aliphatic heterocycles. The molecule has 0 aromatic carbocycles. The molecule has 2 nitrogen and oxygen atoms in total. The van der Waals surface area contributed by atoms with Crippen LogP contribution in [0.5, 0.6) is 0 Å². The van der Waals surface area contributed by atoms with E-state index in [-0.39, 0.29) is 0 Å². The summed E-state index contributed by atoms with van der Waals surface area (Å²) in [5, 5.41) is 0. The highest BCUT2D eigenvalue weighted by atomic mass is 79.9. The second kappa shape index (κ2) is 6.15. The van der Waals surface area contributed by atoms with E-state index in [1.165, 1.54) is 24.1 Å². The van der Waals surface area contributed by atoms with Crippen molar-refractivity contribution in [2.75, 3.05) is 13.1 Å². The lowest BCUT2D eigenvalue weighted by molar-refractivity contribution is 0.194. The van der Waals surface area contributed by atoms with Gasteiger partial charge in [0.2, 0.25) is 0 Å². The lowest BCUT2D eigenvalue weighted by atomic mass is 10.2. The van der Waals surface area contributed by atoms with Crippen molar-refractivity contribution in [3.8, 4) is 0 Å². The summed E-state index contributed by atoms with van der Waals surface area (Å²) in [6, 6.07) is 3.36. The van der Waals surface area contributed by atoms with E-state index < -0.39 is 0 Å². The molecule has 5 heteroatoms. The molecule has 1 atom stereocenters. The van der Waals surface area contributed by atoms with Crippen molar-refractivity contribution >= 4 is 43.2 Å². The van der Waals surface area contributed by atoms with Gasteiger partial charge in [0.15, 0.2) is 0 Å². The molecule has 1 saturated carbocycles. The van der Waals surface area contributed by atoms with Crippen LogP contribution < -0.4 is 5.73 Å². The molecule has 0 bridgehead atoms. The SMILES string of the molecule is CCCN(C1CC1)C(CN)c1cc(Br)c(Br)s1. The van der Waals surface area contributed by atoms with E-state index in [4.69, 9.17) is 5.73 Å². The van der Waals surface area contributed by atoms with Crippen LogP contribution in [0.4, 0.5) is 0 Å². The summed E-state index contributed by atoms with van der Waals surface area (Å²) in [5.74, 6) is 0. The minimum Gasteiger partial charge on any atom is -0.329 e. The number of hydrogen-bond donors (Lipinski definition) is 1. The maximum Gasteiger partial charge on any atom is 0.0843 e. The molecule has 17 heavy (non-hydrogen) atoms. The maximum atomic E-state index is 6.00. The van der Waals surface area contributed by atoms with Gasteiger partial charge in [0, 0.05) is 21.9 Å². The van der Waals surface area contributed by atoms with Crippen molar-refractivity contribution in [3.63, 3.8) is 0 Å². The molecule has 0 amide bonds. The van der Waals surface area contributed by atoms with Crippen molar-refractivity contribution in [1.82, 2.24) is 4.90 Å². The van der Waals surface area contributed by atoms with E-state index in [0.29, 0.717) is 12.6 Å². The van der Waals surface area contributed by atoms with Crippen molar-refractivity contribution in [2.45, 2.75) is 38.3 Å². The Morgan fingerprint density at radius 3 is 2.65 bits per heavy atom. The predicted octanol–water partition coefficient (Wildman–Crippen LogP) is 4.15. The Morgan fingerprint density at radius 1 is 1.53 bits per heavy atom. The Bertz CT molecular complexity index is 357. The smallest absolute Gasteiger partial charge is 0.0843 e. The van der Waals surface area contributed by atoms with Crippen LogP contribution in [-0.2, 0) is 0 Å². The van der Waals surface area contributed by atoms with Crippen LogP contribution in [0.15, 0.2) is 14.3 Å². The average molecular weight is 382 g/mol. The molecular formula is C12H18Br2N2S. The largest absolute Gasteiger partial charge is 0.329 e. The van der Waals surface area contributed by atoms with Crippen LogP contribution in [0.2, 0.25) is 0 Å². The first kappa shape index (κ1) is 14.0. The summed E-state index contributed by atoms with van der Waals surface area (Å²) >= 11 is 8.92. The monoisotopic (exact) mass is 380 g/mol. The van der Waals surface area contributed by atoms with Gasteiger partial charge in [-0.05, 0) is 63.7 Å². The highest BCUT2D eigenvalue weighted by Gasteiger charge is 2.34. The highest BCUT2D eigenvalue weighted by molar-refractivity contribution is 9.13. The molecule has 1 aromatic heterocycles. The third-order valence-electron chi connectivity index (χ3n) is 3.11. The Kier molecular flexibility index (Phi) is 5.06. The van der Waals surface area contributed by atoms with Crippen LogP contribution in [0.3, 0.4) is 0 Å². The first-order chi connectivity index (χ1) is 8.17. The molecular weight excluding hydrogens is 364 g/mol. The van der Waals surface area contributed by atoms with Gasteiger partial charge in [0.1, 0.15) is 0 Å². The average Bonchev–Trinajstić information content (AvgIpc) is 3.07. The summed E-state index contributed by atoms with van der Waals surface area (Å²) in [4.78, 5) is 3.96. The first-order valence-corrected chi connectivity index (χ1v) is 8.48. The summed E-state index contributed by atoms with van der Waals surface area (Å²) in [5.41, 5.74) is 6.00. The van der Waals surface area contributed by atoms with Gasteiger partial charge in [-0.15, -0.1) is 11.3 Å². The normalized spacial score (nSPS) is 17.7. The quantitative estimate of drug-likeness (QED) is 0.801. The minimum atomic E-state index is 0.384. The fraction of sp³-hybridized carbons (Fsp3) is 0.667. The fourth-order valence-corrected chi connectivity index (χ4v) is 4.42. The molecule has 1 unspecified atom stereocenters. The molecule has 2 rings (SSSR count). The zero-order valence-electron chi connectivity index (χ0n) is 9.96. The zero-order valence-corrected chi connectivity index (χ0v) is 13.9. The van der Waals surface area contributed by atoms with Crippen LogP contribution in [0, 0.1) is 0 Å². The standard InChI is InChI=1S/C12H18Br2N2S/c1-2-5-16(8-3-4-8)10(7-15)11-6-9(13)12(14)17-11/h6,8,10H,2-5,7,15H2,1H3. The van der Waals surface area contributed by atoms with Gasteiger partial charge in [-0.2, -0.15) is 0 Å². The number of rotatable bonds is 6. The maximum absolute atomic E-state index is 6.00. The molecule has 1 aromatic rings. The molecule has 1 fully saturated rings. The minimum absolute atomic E-state index is 0.384. The van der Waals surface area contributed by atoms with Gasteiger partial charge in [0.05, 0.1) is 9.83 Å². The summed E-state index contributed by atoms with van der Waals surface area (Å²) < 4.78 is 2.31. The third-order valence-corrected chi connectivity index (χ3v) is 6.47. The second-order valence-electron chi connectivity index (χ2n) is 4.49. The molecule has 0 spiro atoms. The van der Waals surface area contributed by atoms with Gasteiger partial charge < -0.3 is 5.73 Å². The van der Waals surface area contributed by atoms with Crippen molar-refractivity contribution in [3.05, 3.63) is 19.2 Å². The van der Waals surface area contributed by atoms with Crippen molar-refractivity contribution in [2.24, 2.45) is 5.73 Å². The second-order valence-corrected chi connectivity index (χ2v) is 7.75. The van der Waals surface area contributed by atoms with E-state index >= 15 is 0 Å². The number of halogens is 2. The van der Waals surface area contributed by atoms with E-state index in [1.54, 1.807) is 11.3 Å². The van der Waals surface area contributed by atoms with Crippen LogP contribution in [0.25, 0.3) is 0 Å². The van der Waals surface area contributed by atoms with Crippen LogP contribution >= 0.6 is 43.2 Å². The molecule has 1 aliphatic carbocycles. The molecule has 0 radical (unpaired) electrons. The summed E-state index contributed by atoms with van der Waals surface area (Å²) in [6.07, 6.45) is 3.87. The van der Waals surface area contributed by atoms with Crippen LogP contribution in [-0.4, -0.2) is 24.0 Å². The Hall–Kier alpha value is 0.580. The van der Waals surface area contributed by atoms with Gasteiger partial charge in [-0.25, -0.2) is 0 Å². The van der Waals surface area contributed by atoms with Gasteiger partial charge in [-0.3, -0.25) is 4.90 Å². The Morgan fingerprint density at radius 2 is 2.24 bits per heavy atom. The first-order valence-electron chi connectivity index (χ1n) is 6.07. The molecule has 1 heterocycles. The number of nitrogens with zero attached hydrogens (tertiary/aromatic N) is 1. The molecule has 0 saturated heterocycles. The fourth-order valence-electron chi connectivity index (χ4n) is 2.20. The van der Waals surface area contributed by atoms with E-state index in [0.717, 1.165) is 20.8 Å². The zero-order chi connectivity index (χ0) is 12.4. The lowest BCUT2D eigenvalue weighted by Gasteiger charge is -2.30. The van der Waals surface area contributed by atoms with Crippen LogP contribution in [0.1, 0.15) is 37.1 Å². The summed E-state index contributed by atoms with van der Waals surface area (Å²) in [7, 11) is 0. The van der Waals surface area contributed by atoms with E-state index in [2.05, 4.69) is 49.7 Å². The topological polar surface area (TPSA) is 29.3 Å². The highest BCUT2D eigenvalue weighted by Crippen LogP contribution is 2.40. The Labute approximate surface area is 124 Å². The van der Waals surface area contributed by atoms with Gasteiger partial charge in [0.25, 0.3) is 0 Å². The number of nitrogens with two attached hydrogens (primary N) is 1. The molecule has 1 aliphatic rings. The Balaban J connectivity index is 2.18. The molecule has 96 valence electrons. The van der Waals surface area contributed by atoms with Gasteiger partial charge >= 0.3 is 0 Å².